The maximum Gasteiger partial charge on any atom is 0.168 e. The molecule has 0 unspecified atom stereocenters. The lowest BCUT2D eigenvalue weighted by atomic mass is 10.0. The van der Waals surface area contributed by atoms with E-state index >= 15 is 0 Å². The zero-order valence-corrected chi connectivity index (χ0v) is 13.4. The van der Waals surface area contributed by atoms with Gasteiger partial charge in [-0.15, -0.1) is 0 Å². The van der Waals surface area contributed by atoms with Gasteiger partial charge < -0.3 is 10.1 Å². The van der Waals surface area contributed by atoms with E-state index in [0.717, 1.165) is 22.8 Å². The number of nitrogens with zero attached hydrogens (tertiary/aromatic N) is 2. The number of ether oxygens (including phenoxy) is 1. The molecule has 1 N–H and O–H groups in total. The Morgan fingerprint density at radius 1 is 1.14 bits per heavy atom. The first-order valence-corrected chi connectivity index (χ1v) is 7.25. The fourth-order valence-electron chi connectivity index (χ4n) is 2.10. The van der Waals surface area contributed by atoms with Crippen LogP contribution in [0, 0.1) is 13.8 Å². The molecule has 112 valence electrons. The summed E-state index contributed by atoms with van der Waals surface area (Å²) in [5, 5.41) is 3.04. The SMILES string of the molecule is CNc1cc(C)nc(COc2cc(C(C)C)ccc2C)n1. The number of anilines is 1. The maximum absolute atomic E-state index is 5.92. The lowest BCUT2D eigenvalue weighted by molar-refractivity contribution is 0.293. The van der Waals surface area contributed by atoms with Gasteiger partial charge in [-0.1, -0.05) is 26.0 Å². The molecule has 0 radical (unpaired) electrons. The van der Waals surface area contributed by atoms with Crippen molar-refractivity contribution in [2.75, 3.05) is 12.4 Å². The highest BCUT2D eigenvalue weighted by molar-refractivity contribution is 5.38. The van der Waals surface area contributed by atoms with E-state index in [4.69, 9.17) is 4.74 Å². The van der Waals surface area contributed by atoms with Crippen molar-refractivity contribution in [3.05, 3.63) is 46.9 Å². The van der Waals surface area contributed by atoms with E-state index in [0.29, 0.717) is 18.3 Å². The Kier molecular flexibility index (Phi) is 4.78. The van der Waals surface area contributed by atoms with Gasteiger partial charge in [0.25, 0.3) is 0 Å². The van der Waals surface area contributed by atoms with E-state index < -0.39 is 0 Å². The average molecular weight is 285 g/mol. The summed E-state index contributed by atoms with van der Waals surface area (Å²) < 4.78 is 5.92. The van der Waals surface area contributed by atoms with Crippen molar-refractivity contribution in [3.63, 3.8) is 0 Å². The Bertz CT molecular complexity index is 623. The summed E-state index contributed by atoms with van der Waals surface area (Å²) in [6, 6.07) is 8.26. The molecule has 4 heteroatoms. The highest BCUT2D eigenvalue weighted by atomic mass is 16.5. The van der Waals surface area contributed by atoms with Crippen molar-refractivity contribution in [1.29, 1.82) is 0 Å². The van der Waals surface area contributed by atoms with Gasteiger partial charge in [0.05, 0.1) is 0 Å². The van der Waals surface area contributed by atoms with Gasteiger partial charge in [0.1, 0.15) is 18.2 Å². The first-order valence-electron chi connectivity index (χ1n) is 7.25. The Morgan fingerprint density at radius 3 is 2.57 bits per heavy atom. The van der Waals surface area contributed by atoms with Gasteiger partial charge in [-0.3, -0.25) is 0 Å². The van der Waals surface area contributed by atoms with Crippen molar-refractivity contribution in [1.82, 2.24) is 9.97 Å². The molecule has 0 saturated heterocycles. The zero-order valence-electron chi connectivity index (χ0n) is 13.4. The molecule has 0 saturated carbocycles. The molecule has 0 aliphatic carbocycles. The van der Waals surface area contributed by atoms with Crippen LogP contribution in [0.3, 0.4) is 0 Å². The predicted molar refractivity (Wildman–Crippen MR) is 85.9 cm³/mol. The second-order valence-electron chi connectivity index (χ2n) is 5.53. The van der Waals surface area contributed by atoms with Crippen LogP contribution in [-0.4, -0.2) is 17.0 Å². The van der Waals surface area contributed by atoms with E-state index in [-0.39, 0.29) is 0 Å². The fraction of sp³-hybridized carbons (Fsp3) is 0.412. The molecule has 4 nitrogen and oxygen atoms in total. The topological polar surface area (TPSA) is 47.0 Å². The van der Waals surface area contributed by atoms with Crippen LogP contribution < -0.4 is 10.1 Å². The van der Waals surface area contributed by atoms with Crippen LogP contribution in [-0.2, 0) is 6.61 Å². The van der Waals surface area contributed by atoms with E-state index in [1.54, 1.807) is 0 Å². The van der Waals surface area contributed by atoms with Gasteiger partial charge in [0.2, 0.25) is 0 Å². The van der Waals surface area contributed by atoms with E-state index in [2.05, 4.69) is 54.3 Å². The van der Waals surface area contributed by atoms with Gasteiger partial charge in [0, 0.05) is 18.8 Å². The normalized spacial score (nSPS) is 10.8. The minimum absolute atomic E-state index is 0.374. The molecule has 2 aromatic rings. The summed E-state index contributed by atoms with van der Waals surface area (Å²) in [5.41, 5.74) is 3.33. The molecule has 0 atom stereocenters. The molecule has 0 amide bonds. The van der Waals surface area contributed by atoms with Crippen molar-refractivity contribution in [2.24, 2.45) is 0 Å². The Hall–Kier alpha value is -2.10. The first kappa shape index (κ1) is 15.3. The Morgan fingerprint density at radius 2 is 1.90 bits per heavy atom. The van der Waals surface area contributed by atoms with Crippen LogP contribution in [0.4, 0.5) is 5.82 Å². The minimum atomic E-state index is 0.374. The van der Waals surface area contributed by atoms with E-state index in [9.17, 15) is 0 Å². The number of aryl methyl sites for hydroxylation is 2. The largest absolute Gasteiger partial charge is 0.485 e. The number of hydrogen-bond donors (Lipinski definition) is 1. The number of nitrogens with one attached hydrogen (secondary N) is 1. The molecular formula is C17H23N3O. The third-order valence-corrected chi connectivity index (χ3v) is 3.39. The van der Waals surface area contributed by atoms with Crippen LogP contribution in [0.5, 0.6) is 5.75 Å². The lowest BCUT2D eigenvalue weighted by Gasteiger charge is -2.13. The van der Waals surface area contributed by atoms with Crippen LogP contribution in [0.2, 0.25) is 0 Å². The minimum Gasteiger partial charge on any atom is -0.485 e. The molecule has 2 rings (SSSR count). The smallest absolute Gasteiger partial charge is 0.168 e. The van der Waals surface area contributed by atoms with E-state index in [1.807, 2.05) is 20.0 Å². The van der Waals surface area contributed by atoms with Gasteiger partial charge >= 0.3 is 0 Å². The highest BCUT2D eigenvalue weighted by Crippen LogP contribution is 2.24. The second kappa shape index (κ2) is 6.57. The summed E-state index contributed by atoms with van der Waals surface area (Å²) >= 11 is 0. The lowest BCUT2D eigenvalue weighted by Crippen LogP contribution is -2.06. The van der Waals surface area contributed by atoms with Gasteiger partial charge in [-0.25, -0.2) is 9.97 Å². The molecule has 1 heterocycles. The highest BCUT2D eigenvalue weighted by Gasteiger charge is 2.07. The van der Waals surface area contributed by atoms with Crippen LogP contribution in [0.15, 0.2) is 24.3 Å². The third-order valence-electron chi connectivity index (χ3n) is 3.39. The molecule has 0 spiro atoms. The Labute approximate surface area is 126 Å². The summed E-state index contributed by atoms with van der Waals surface area (Å²) in [5.74, 6) is 2.89. The van der Waals surface area contributed by atoms with Crippen LogP contribution in [0.25, 0.3) is 0 Å². The van der Waals surface area contributed by atoms with Crippen LogP contribution >= 0.6 is 0 Å². The standard InChI is InChI=1S/C17H23N3O/c1-11(2)14-7-6-12(3)15(9-14)21-10-17-19-13(4)8-16(18-5)20-17/h6-9,11H,10H2,1-5H3,(H,18,19,20). The number of aromatic nitrogens is 2. The first-order chi connectivity index (χ1) is 9.99. The summed E-state index contributed by atoms with van der Waals surface area (Å²) in [7, 11) is 1.85. The third kappa shape index (κ3) is 3.94. The van der Waals surface area contributed by atoms with Gasteiger partial charge in [-0.05, 0) is 37.0 Å². The number of rotatable bonds is 5. The number of benzene rings is 1. The van der Waals surface area contributed by atoms with Gasteiger partial charge in [-0.2, -0.15) is 0 Å². The molecule has 1 aromatic heterocycles. The van der Waals surface area contributed by atoms with E-state index in [1.165, 1.54) is 5.56 Å². The summed E-state index contributed by atoms with van der Waals surface area (Å²) in [4.78, 5) is 8.82. The maximum atomic E-state index is 5.92. The molecule has 21 heavy (non-hydrogen) atoms. The monoisotopic (exact) mass is 285 g/mol. The average Bonchev–Trinajstić information content (AvgIpc) is 2.45. The van der Waals surface area contributed by atoms with Crippen molar-refractivity contribution in [3.8, 4) is 5.75 Å². The molecule has 0 aliphatic rings. The van der Waals surface area contributed by atoms with Crippen LogP contribution in [0.1, 0.15) is 42.4 Å². The quantitative estimate of drug-likeness (QED) is 0.906. The summed E-state index contributed by atoms with van der Waals surface area (Å²) in [6.07, 6.45) is 0. The zero-order chi connectivity index (χ0) is 15.4. The van der Waals surface area contributed by atoms with Gasteiger partial charge in [0.15, 0.2) is 5.82 Å². The second-order valence-corrected chi connectivity index (χ2v) is 5.53. The molecule has 0 fully saturated rings. The summed E-state index contributed by atoms with van der Waals surface area (Å²) in [6.45, 7) is 8.74. The molecular weight excluding hydrogens is 262 g/mol. The van der Waals surface area contributed by atoms with Crippen molar-refractivity contribution < 1.29 is 4.74 Å². The fourth-order valence-corrected chi connectivity index (χ4v) is 2.10. The van der Waals surface area contributed by atoms with Crippen molar-refractivity contribution >= 4 is 5.82 Å². The van der Waals surface area contributed by atoms with Crippen molar-refractivity contribution in [2.45, 2.75) is 40.2 Å². The predicted octanol–water partition coefficient (Wildman–Crippen LogP) is 3.84. The molecule has 0 bridgehead atoms. The number of hydrogen-bond acceptors (Lipinski definition) is 4. The molecule has 0 aliphatic heterocycles. The Balaban J connectivity index is 2.16. The molecule has 1 aromatic carbocycles.